The standard InChI is InChI=1S/C12H22N4O2S/c1-5-18-6-8(7(2)3)15-12-9(11(17)14-4)10(13)16-19-12/h7-8,15H,5-6H2,1-4H3,(H2,13,16)(H,14,17). The molecule has 0 bridgehead atoms. The highest BCUT2D eigenvalue weighted by molar-refractivity contribution is 7.11. The molecule has 1 heterocycles. The van der Waals surface area contributed by atoms with Crippen LogP contribution < -0.4 is 16.4 Å². The number of carbonyl (C=O) groups excluding carboxylic acids is 1. The van der Waals surface area contributed by atoms with Gasteiger partial charge in [-0.05, 0) is 24.4 Å². The van der Waals surface area contributed by atoms with Gasteiger partial charge in [0.25, 0.3) is 5.91 Å². The van der Waals surface area contributed by atoms with Crippen molar-refractivity contribution in [2.75, 3.05) is 31.3 Å². The summed E-state index contributed by atoms with van der Waals surface area (Å²) in [5.41, 5.74) is 6.15. The Labute approximate surface area is 117 Å². The van der Waals surface area contributed by atoms with Gasteiger partial charge in [-0.2, -0.15) is 4.37 Å². The molecule has 1 atom stereocenters. The molecule has 0 aromatic carbocycles. The van der Waals surface area contributed by atoms with Crippen LogP contribution in [0.2, 0.25) is 0 Å². The minimum absolute atomic E-state index is 0.114. The molecule has 0 saturated heterocycles. The van der Waals surface area contributed by atoms with E-state index < -0.39 is 0 Å². The number of rotatable bonds is 7. The third-order valence-electron chi connectivity index (χ3n) is 2.80. The van der Waals surface area contributed by atoms with Crippen LogP contribution in [0, 0.1) is 5.92 Å². The number of ether oxygens (including phenoxy) is 1. The van der Waals surface area contributed by atoms with Gasteiger partial charge in [0.05, 0.1) is 12.6 Å². The average molecular weight is 286 g/mol. The van der Waals surface area contributed by atoms with E-state index in [1.165, 1.54) is 11.5 Å². The van der Waals surface area contributed by atoms with Gasteiger partial charge in [0.1, 0.15) is 10.6 Å². The predicted octanol–water partition coefficient (Wildman–Crippen LogP) is 1.56. The Balaban J connectivity index is 2.87. The monoisotopic (exact) mass is 286 g/mol. The van der Waals surface area contributed by atoms with Gasteiger partial charge in [-0.25, -0.2) is 0 Å². The van der Waals surface area contributed by atoms with E-state index in [1.807, 2.05) is 6.92 Å². The number of anilines is 2. The number of nitrogens with zero attached hydrogens (tertiary/aromatic N) is 1. The van der Waals surface area contributed by atoms with E-state index in [-0.39, 0.29) is 17.8 Å². The van der Waals surface area contributed by atoms with E-state index in [9.17, 15) is 4.79 Å². The summed E-state index contributed by atoms with van der Waals surface area (Å²) in [5.74, 6) is 0.394. The number of amides is 1. The number of hydrogen-bond donors (Lipinski definition) is 3. The summed E-state index contributed by atoms with van der Waals surface area (Å²) in [6, 6.07) is 0.114. The Morgan fingerprint density at radius 2 is 2.21 bits per heavy atom. The molecule has 1 amide bonds. The molecule has 0 radical (unpaired) electrons. The smallest absolute Gasteiger partial charge is 0.257 e. The predicted molar refractivity (Wildman–Crippen MR) is 78.7 cm³/mol. The highest BCUT2D eigenvalue weighted by Gasteiger charge is 2.22. The summed E-state index contributed by atoms with van der Waals surface area (Å²) in [6.07, 6.45) is 0. The molecule has 1 aromatic heterocycles. The van der Waals surface area contributed by atoms with Crippen molar-refractivity contribution < 1.29 is 9.53 Å². The number of nitrogens with one attached hydrogen (secondary N) is 2. The first-order valence-corrected chi connectivity index (χ1v) is 7.10. The molecule has 0 aliphatic heterocycles. The Morgan fingerprint density at radius 3 is 2.74 bits per heavy atom. The number of nitrogens with two attached hydrogens (primary N) is 1. The van der Waals surface area contributed by atoms with Crippen LogP contribution in [0.3, 0.4) is 0 Å². The second kappa shape index (κ2) is 7.30. The zero-order chi connectivity index (χ0) is 14.4. The fourth-order valence-corrected chi connectivity index (χ4v) is 2.33. The van der Waals surface area contributed by atoms with Gasteiger partial charge < -0.3 is 21.1 Å². The molecule has 0 saturated carbocycles. The lowest BCUT2D eigenvalue weighted by molar-refractivity contribution is 0.0964. The van der Waals surface area contributed by atoms with Crippen molar-refractivity contribution in [3.8, 4) is 0 Å². The van der Waals surface area contributed by atoms with Gasteiger partial charge in [-0.1, -0.05) is 13.8 Å². The van der Waals surface area contributed by atoms with E-state index in [4.69, 9.17) is 10.5 Å². The van der Waals surface area contributed by atoms with Gasteiger partial charge in [-0.3, -0.25) is 4.79 Å². The molecule has 1 rings (SSSR count). The molecule has 108 valence electrons. The summed E-state index contributed by atoms with van der Waals surface area (Å²) < 4.78 is 9.49. The molecule has 0 fully saturated rings. The van der Waals surface area contributed by atoms with Crippen LogP contribution in [-0.4, -0.2) is 36.6 Å². The third kappa shape index (κ3) is 4.07. The molecular weight excluding hydrogens is 264 g/mol. The molecule has 0 spiro atoms. The van der Waals surface area contributed by atoms with Crippen LogP contribution in [-0.2, 0) is 4.74 Å². The van der Waals surface area contributed by atoms with Crippen LogP contribution in [0.1, 0.15) is 31.1 Å². The molecule has 4 N–H and O–H groups in total. The number of hydrogen-bond acceptors (Lipinski definition) is 6. The number of carbonyl (C=O) groups is 1. The van der Waals surface area contributed by atoms with Crippen molar-refractivity contribution in [3.63, 3.8) is 0 Å². The van der Waals surface area contributed by atoms with Crippen molar-refractivity contribution >= 4 is 28.3 Å². The minimum Gasteiger partial charge on any atom is -0.382 e. The quantitative estimate of drug-likeness (QED) is 0.708. The first kappa shape index (κ1) is 15.7. The van der Waals surface area contributed by atoms with Crippen molar-refractivity contribution in [2.45, 2.75) is 26.8 Å². The van der Waals surface area contributed by atoms with Crippen LogP contribution in [0.5, 0.6) is 0 Å². The van der Waals surface area contributed by atoms with Crippen LogP contribution in [0.25, 0.3) is 0 Å². The molecule has 19 heavy (non-hydrogen) atoms. The number of aromatic nitrogens is 1. The molecule has 6 nitrogen and oxygen atoms in total. The highest BCUT2D eigenvalue weighted by Crippen LogP contribution is 2.28. The Hall–Kier alpha value is -1.34. The molecule has 1 unspecified atom stereocenters. The highest BCUT2D eigenvalue weighted by atomic mass is 32.1. The van der Waals surface area contributed by atoms with Crippen molar-refractivity contribution in [1.29, 1.82) is 0 Å². The lowest BCUT2D eigenvalue weighted by atomic mass is 10.1. The largest absolute Gasteiger partial charge is 0.382 e. The first-order valence-electron chi connectivity index (χ1n) is 6.32. The fourth-order valence-electron chi connectivity index (χ4n) is 1.56. The fraction of sp³-hybridized carbons (Fsp3) is 0.667. The second-order valence-corrected chi connectivity index (χ2v) is 5.28. The molecule has 1 aromatic rings. The summed E-state index contributed by atoms with van der Waals surface area (Å²) in [4.78, 5) is 11.8. The SMILES string of the molecule is CCOCC(Nc1snc(N)c1C(=O)NC)C(C)C. The maximum Gasteiger partial charge on any atom is 0.257 e. The molecule has 0 aliphatic rings. The topological polar surface area (TPSA) is 89.3 Å². The van der Waals surface area contributed by atoms with Crippen molar-refractivity contribution in [1.82, 2.24) is 9.69 Å². The lowest BCUT2D eigenvalue weighted by Gasteiger charge is -2.22. The van der Waals surface area contributed by atoms with Crippen LogP contribution in [0.15, 0.2) is 0 Å². The van der Waals surface area contributed by atoms with Crippen molar-refractivity contribution in [3.05, 3.63) is 5.56 Å². The van der Waals surface area contributed by atoms with Crippen LogP contribution in [0.4, 0.5) is 10.8 Å². The summed E-state index contributed by atoms with van der Waals surface area (Å²) >= 11 is 1.20. The normalized spacial score (nSPS) is 12.5. The van der Waals surface area contributed by atoms with E-state index in [0.717, 1.165) is 0 Å². The van der Waals surface area contributed by atoms with E-state index in [2.05, 4.69) is 28.9 Å². The summed E-state index contributed by atoms with van der Waals surface area (Å²) in [6.45, 7) is 7.40. The van der Waals surface area contributed by atoms with Crippen molar-refractivity contribution in [2.24, 2.45) is 5.92 Å². The zero-order valence-electron chi connectivity index (χ0n) is 11.8. The lowest BCUT2D eigenvalue weighted by Crippen LogP contribution is -2.31. The van der Waals surface area contributed by atoms with Gasteiger partial charge in [0.2, 0.25) is 0 Å². The zero-order valence-corrected chi connectivity index (χ0v) is 12.6. The minimum atomic E-state index is -0.229. The number of nitrogen functional groups attached to an aromatic ring is 1. The second-order valence-electron chi connectivity index (χ2n) is 4.51. The van der Waals surface area contributed by atoms with Gasteiger partial charge >= 0.3 is 0 Å². The van der Waals surface area contributed by atoms with Gasteiger partial charge in [0.15, 0.2) is 5.82 Å². The first-order chi connectivity index (χ1) is 9.01. The Kier molecular flexibility index (Phi) is 6.04. The summed E-state index contributed by atoms with van der Waals surface area (Å²) in [7, 11) is 1.57. The Morgan fingerprint density at radius 1 is 1.53 bits per heavy atom. The van der Waals surface area contributed by atoms with E-state index in [0.29, 0.717) is 29.7 Å². The summed E-state index contributed by atoms with van der Waals surface area (Å²) in [5, 5.41) is 6.57. The molecule has 7 heteroatoms. The molecular formula is C12H22N4O2S. The molecule has 0 aliphatic carbocycles. The van der Waals surface area contributed by atoms with E-state index in [1.54, 1.807) is 7.05 Å². The Bertz CT molecular complexity index is 420. The maximum absolute atomic E-state index is 11.8. The maximum atomic E-state index is 11.8. The van der Waals surface area contributed by atoms with E-state index >= 15 is 0 Å². The average Bonchev–Trinajstić information content (AvgIpc) is 2.74. The van der Waals surface area contributed by atoms with Crippen LogP contribution >= 0.6 is 11.5 Å². The third-order valence-corrected chi connectivity index (χ3v) is 3.59. The van der Waals surface area contributed by atoms with Gasteiger partial charge in [0, 0.05) is 13.7 Å². The van der Waals surface area contributed by atoms with Gasteiger partial charge in [-0.15, -0.1) is 0 Å².